The van der Waals surface area contributed by atoms with Crippen LogP contribution in [0.4, 0.5) is 4.79 Å². The summed E-state index contributed by atoms with van der Waals surface area (Å²) in [5, 5.41) is 15.7. The quantitative estimate of drug-likeness (QED) is 0.415. The van der Waals surface area contributed by atoms with Crippen LogP contribution in [0.2, 0.25) is 0 Å². The maximum Gasteiger partial charge on any atom is 0.338 e. The Morgan fingerprint density at radius 2 is 1.61 bits per heavy atom. The molecule has 2 fully saturated rings. The summed E-state index contributed by atoms with van der Waals surface area (Å²) in [6, 6.07) is 23.9. The topological polar surface area (TPSA) is 96.4 Å². The van der Waals surface area contributed by atoms with Crippen LogP contribution in [0.3, 0.4) is 0 Å². The third-order valence-electron chi connectivity index (χ3n) is 7.50. The highest BCUT2D eigenvalue weighted by Gasteiger charge is 2.52. The van der Waals surface area contributed by atoms with E-state index >= 15 is 0 Å². The van der Waals surface area contributed by atoms with Gasteiger partial charge in [-0.3, -0.25) is 14.6 Å². The Balaban J connectivity index is 1.53. The van der Waals surface area contributed by atoms with Crippen LogP contribution in [0.1, 0.15) is 22.7 Å². The van der Waals surface area contributed by atoms with E-state index in [4.69, 9.17) is 0 Å². The fourth-order valence-electron chi connectivity index (χ4n) is 5.52. The van der Waals surface area contributed by atoms with Gasteiger partial charge in [0.25, 0.3) is 0 Å². The Morgan fingerprint density at radius 3 is 2.24 bits per heavy atom. The molecule has 41 heavy (non-hydrogen) atoms. The van der Waals surface area contributed by atoms with Crippen LogP contribution in [0, 0.1) is 0 Å². The van der Waals surface area contributed by atoms with E-state index in [1.54, 1.807) is 35.2 Å². The maximum atomic E-state index is 14.2. The molecule has 3 aromatic carbocycles. The van der Waals surface area contributed by atoms with Gasteiger partial charge in [-0.25, -0.2) is 9.80 Å². The smallest absolute Gasteiger partial charge is 0.338 e. The summed E-state index contributed by atoms with van der Waals surface area (Å²) >= 11 is 0. The zero-order valence-electron chi connectivity index (χ0n) is 22.7. The number of amides is 4. The number of hydrogen-bond acceptors (Lipinski definition) is 5. The third kappa shape index (κ3) is 5.65. The van der Waals surface area contributed by atoms with E-state index in [1.165, 1.54) is 21.1 Å². The van der Waals surface area contributed by atoms with E-state index in [1.807, 2.05) is 60.7 Å². The van der Waals surface area contributed by atoms with Gasteiger partial charge in [0.2, 0.25) is 11.8 Å². The summed E-state index contributed by atoms with van der Waals surface area (Å²) < 4.78 is 0. The van der Waals surface area contributed by atoms with Gasteiger partial charge in [0.15, 0.2) is 0 Å². The number of carbonyl (C=O) groups is 3. The summed E-state index contributed by atoms with van der Waals surface area (Å²) in [5.74, 6) is -0.419. The number of rotatable bonds is 8. The molecule has 0 aliphatic carbocycles. The molecule has 0 radical (unpaired) electrons. The van der Waals surface area contributed by atoms with E-state index in [0.29, 0.717) is 6.54 Å². The number of phenols is 1. The van der Waals surface area contributed by atoms with Crippen LogP contribution >= 0.6 is 0 Å². The van der Waals surface area contributed by atoms with Gasteiger partial charge in [-0.05, 0) is 28.8 Å². The Kier molecular flexibility index (Phi) is 8.05. The monoisotopic (exact) mass is 551 g/mol. The second-order valence-electron chi connectivity index (χ2n) is 10.0. The molecule has 9 nitrogen and oxygen atoms in total. The standard InChI is InChI=1S/C32H33N5O4/c1-3-27(25-13-9-6-10-14-25)35-21-29-36(28(31(35)40)19-23-15-17-26(38)18-16-23)30(39)22-34(4-2)37(29)32(41)33-20-24-11-7-5-8-12-24/h3-18,27-29,38H,1-2,19-22H2,(H,33,41)/t27-,28+,29?/m1/s1. The summed E-state index contributed by atoms with van der Waals surface area (Å²) in [6.45, 7) is 8.09. The van der Waals surface area contributed by atoms with Crippen LogP contribution in [-0.2, 0) is 22.6 Å². The molecule has 9 heteroatoms. The van der Waals surface area contributed by atoms with Crippen LogP contribution in [0.5, 0.6) is 5.75 Å². The van der Waals surface area contributed by atoms with Crippen LogP contribution in [-0.4, -0.2) is 68.1 Å². The van der Waals surface area contributed by atoms with Gasteiger partial charge >= 0.3 is 6.03 Å². The first-order chi connectivity index (χ1) is 19.9. The Hall–Kier alpha value is -5.05. The van der Waals surface area contributed by atoms with Crippen molar-refractivity contribution in [3.63, 3.8) is 0 Å². The number of fused-ring (bicyclic) bond motifs is 1. The van der Waals surface area contributed by atoms with Crippen molar-refractivity contribution in [2.24, 2.45) is 0 Å². The lowest BCUT2D eigenvalue weighted by Crippen LogP contribution is -2.76. The van der Waals surface area contributed by atoms with E-state index in [2.05, 4.69) is 18.5 Å². The van der Waals surface area contributed by atoms with Crippen LogP contribution in [0.15, 0.2) is 110 Å². The van der Waals surface area contributed by atoms with Gasteiger partial charge in [-0.15, -0.1) is 6.58 Å². The molecule has 0 saturated carbocycles. The van der Waals surface area contributed by atoms with Gasteiger partial charge in [-0.1, -0.05) is 85.5 Å². The molecular weight excluding hydrogens is 518 g/mol. The normalized spacial score (nSPS) is 19.4. The fourth-order valence-corrected chi connectivity index (χ4v) is 5.52. The minimum Gasteiger partial charge on any atom is -0.508 e. The first kappa shape index (κ1) is 27.5. The summed E-state index contributed by atoms with van der Waals surface area (Å²) in [5.41, 5.74) is 2.57. The lowest BCUT2D eigenvalue weighted by atomic mass is 9.95. The first-order valence-electron chi connectivity index (χ1n) is 13.5. The minimum absolute atomic E-state index is 0.0747. The fraction of sp³-hybridized carbons (Fsp3) is 0.219. The number of nitrogens with one attached hydrogen (secondary N) is 1. The molecule has 5 rings (SSSR count). The SMILES string of the molecule is C=C[C@H](c1ccccc1)N1CC2N(C(=O)CN(C=C)N2C(=O)NCc2ccccc2)[C@@H](Cc2ccc(O)cc2)C1=O. The maximum absolute atomic E-state index is 14.2. The second kappa shape index (κ2) is 12.0. The van der Waals surface area contributed by atoms with Gasteiger partial charge in [0.05, 0.1) is 12.6 Å². The molecule has 4 amide bonds. The molecule has 2 heterocycles. The predicted molar refractivity (Wildman–Crippen MR) is 155 cm³/mol. The van der Waals surface area contributed by atoms with Crippen LogP contribution < -0.4 is 5.32 Å². The number of carbonyl (C=O) groups excluding carboxylic acids is 3. The Bertz CT molecular complexity index is 1410. The molecule has 3 atom stereocenters. The number of benzene rings is 3. The molecule has 0 bridgehead atoms. The van der Waals surface area contributed by atoms with Crippen molar-refractivity contribution in [2.45, 2.75) is 31.2 Å². The van der Waals surface area contributed by atoms with Crippen molar-refractivity contribution in [3.05, 3.63) is 127 Å². The van der Waals surface area contributed by atoms with Crippen molar-refractivity contribution in [1.29, 1.82) is 0 Å². The van der Waals surface area contributed by atoms with Crippen molar-refractivity contribution in [2.75, 3.05) is 13.1 Å². The number of aromatic hydroxyl groups is 1. The lowest BCUT2D eigenvalue weighted by Gasteiger charge is -2.55. The average molecular weight is 552 g/mol. The zero-order valence-corrected chi connectivity index (χ0v) is 22.7. The molecule has 3 aromatic rings. The van der Waals surface area contributed by atoms with E-state index < -0.39 is 24.3 Å². The number of hydrazine groups is 1. The molecule has 2 aliphatic rings. The largest absolute Gasteiger partial charge is 0.508 e. The summed E-state index contributed by atoms with van der Waals surface area (Å²) in [7, 11) is 0. The minimum atomic E-state index is -0.881. The van der Waals surface area contributed by atoms with E-state index in [0.717, 1.165) is 16.7 Å². The molecular formula is C32H33N5O4. The molecule has 0 spiro atoms. The second-order valence-corrected chi connectivity index (χ2v) is 10.0. The first-order valence-corrected chi connectivity index (χ1v) is 13.5. The predicted octanol–water partition coefficient (Wildman–Crippen LogP) is 3.81. The number of piperazine rings is 1. The summed E-state index contributed by atoms with van der Waals surface area (Å²) in [4.78, 5) is 44.8. The van der Waals surface area contributed by atoms with Gasteiger partial charge in [-0.2, -0.15) is 0 Å². The highest BCUT2D eigenvalue weighted by molar-refractivity contribution is 5.92. The van der Waals surface area contributed by atoms with Gasteiger partial charge in [0, 0.05) is 19.2 Å². The van der Waals surface area contributed by atoms with E-state index in [9.17, 15) is 19.5 Å². The Morgan fingerprint density at radius 1 is 0.951 bits per heavy atom. The van der Waals surface area contributed by atoms with Crippen molar-refractivity contribution >= 4 is 17.8 Å². The van der Waals surface area contributed by atoms with Crippen molar-refractivity contribution in [1.82, 2.24) is 25.1 Å². The molecule has 2 saturated heterocycles. The third-order valence-corrected chi connectivity index (χ3v) is 7.50. The lowest BCUT2D eigenvalue weighted by molar-refractivity contribution is -0.185. The number of phenolic OH excluding ortho intramolecular Hbond substituents is 1. The molecule has 0 aromatic heterocycles. The average Bonchev–Trinajstić information content (AvgIpc) is 3.00. The summed E-state index contributed by atoms with van der Waals surface area (Å²) in [6.07, 6.45) is 2.58. The molecule has 1 unspecified atom stereocenters. The number of hydrogen-bond donors (Lipinski definition) is 2. The highest BCUT2D eigenvalue weighted by Crippen LogP contribution is 2.33. The van der Waals surface area contributed by atoms with Crippen LogP contribution in [0.25, 0.3) is 0 Å². The van der Waals surface area contributed by atoms with E-state index in [-0.39, 0.29) is 37.1 Å². The zero-order chi connectivity index (χ0) is 28.9. The van der Waals surface area contributed by atoms with Gasteiger partial charge < -0.3 is 20.2 Å². The molecule has 2 aliphatic heterocycles. The Labute approximate surface area is 239 Å². The number of urea groups is 1. The van der Waals surface area contributed by atoms with Crippen molar-refractivity contribution < 1.29 is 19.5 Å². The molecule has 2 N–H and O–H groups in total. The van der Waals surface area contributed by atoms with Crippen molar-refractivity contribution in [3.8, 4) is 5.75 Å². The van der Waals surface area contributed by atoms with Gasteiger partial charge in [0.1, 0.15) is 24.5 Å². The number of nitrogens with zero attached hydrogens (tertiary/aromatic N) is 4. The molecule has 210 valence electrons. The highest BCUT2D eigenvalue weighted by atomic mass is 16.3.